The predicted octanol–water partition coefficient (Wildman–Crippen LogP) is 3.07. The van der Waals surface area contributed by atoms with E-state index in [1.807, 2.05) is 24.3 Å². The summed E-state index contributed by atoms with van der Waals surface area (Å²) in [5.74, 6) is 0.305. The second-order valence-corrected chi connectivity index (χ2v) is 5.97. The molecule has 5 heteroatoms. The third kappa shape index (κ3) is 6.60. The summed E-state index contributed by atoms with van der Waals surface area (Å²) in [6.45, 7) is 4.84. The molecule has 1 amide bonds. The average Bonchev–Trinajstić information content (AvgIpc) is 2.62. The van der Waals surface area contributed by atoms with Crippen LogP contribution in [0.15, 0.2) is 24.3 Å². The lowest BCUT2D eigenvalue weighted by atomic mass is 10.1. The molecule has 0 saturated heterocycles. The van der Waals surface area contributed by atoms with Crippen LogP contribution in [0.2, 0.25) is 0 Å². The van der Waals surface area contributed by atoms with Gasteiger partial charge in [0.1, 0.15) is 5.75 Å². The number of benzene rings is 1. The molecule has 0 saturated carbocycles. The quantitative estimate of drug-likeness (QED) is 0.617. The van der Waals surface area contributed by atoms with Crippen LogP contribution in [0.5, 0.6) is 5.75 Å². The van der Waals surface area contributed by atoms with Crippen molar-refractivity contribution in [3.8, 4) is 5.75 Å². The van der Waals surface area contributed by atoms with Crippen LogP contribution in [-0.2, 0) is 20.7 Å². The molecule has 24 heavy (non-hydrogen) atoms. The van der Waals surface area contributed by atoms with Gasteiger partial charge in [0.05, 0.1) is 20.1 Å². The number of esters is 1. The van der Waals surface area contributed by atoms with Gasteiger partial charge in [0.2, 0.25) is 5.91 Å². The summed E-state index contributed by atoms with van der Waals surface area (Å²) in [6, 6.07) is 7.82. The van der Waals surface area contributed by atoms with Crippen LogP contribution in [0.3, 0.4) is 0 Å². The van der Waals surface area contributed by atoms with E-state index in [4.69, 9.17) is 9.47 Å². The number of unbranched alkanes of at least 4 members (excludes halogenated alkanes) is 1. The Kier molecular flexibility index (Phi) is 8.90. The largest absolute Gasteiger partial charge is 0.497 e. The summed E-state index contributed by atoms with van der Waals surface area (Å²) in [5.41, 5.74) is 1.13. The standard InChI is InChI=1S/C19H29NO4/c1-5-6-7-18(21)20(14-15(2)19(22)24-4)13-12-16-8-10-17(23-3)11-9-16/h8-11,15H,5-7,12-14H2,1-4H3. The average molecular weight is 335 g/mol. The summed E-state index contributed by atoms with van der Waals surface area (Å²) in [4.78, 5) is 25.9. The molecule has 0 N–H and O–H groups in total. The van der Waals surface area contributed by atoms with Gasteiger partial charge in [0.15, 0.2) is 0 Å². The van der Waals surface area contributed by atoms with Crippen LogP contribution in [0, 0.1) is 5.92 Å². The maximum atomic E-state index is 12.4. The first-order valence-corrected chi connectivity index (χ1v) is 8.50. The Morgan fingerprint density at radius 2 is 1.83 bits per heavy atom. The van der Waals surface area contributed by atoms with Gasteiger partial charge in [0.25, 0.3) is 0 Å². The third-order valence-electron chi connectivity index (χ3n) is 4.02. The van der Waals surface area contributed by atoms with Gasteiger partial charge >= 0.3 is 5.97 Å². The van der Waals surface area contributed by atoms with Crippen LogP contribution >= 0.6 is 0 Å². The van der Waals surface area contributed by atoms with E-state index in [2.05, 4.69) is 6.92 Å². The summed E-state index contributed by atoms with van der Waals surface area (Å²) in [5, 5.41) is 0. The van der Waals surface area contributed by atoms with Gasteiger partial charge in [-0.2, -0.15) is 0 Å². The van der Waals surface area contributed by atoms with Crippen molar-refractivity contribution in [3.63, 3.8) is 0 Å². The van der Waals surface area contributed by atoms with Gasteiger partial charge in [-0.05, 0) is 30.5 Å². The third-order valence-corrected chi connectivity index (χ3v) is 4.02. The highest BCUT2D eigenvalue weighted by atomic mass is 16.5. The highest BCUT2D eigenvalue weighted by Crippen LogP contribution is 2.13. The SMILES string of the molecule is CCCCC(=O)N(CCc1ccc(OC)cc1)CC(C)C(=O)OC. The molecule has 0 spiro atoms. The van der Waals surface area contributed by atoms with Gasteiger partial charge in [-0.25, -0.2) is 0 Å². The first-order valence-electron chi connectivity index (χ1n) is 8.50. The van der Waals surface area contributed by atoms with E-state index in [1.54, 1.807) is 18.9 Å². The van der Waals surface area contributed by atoms with E-state index in [0.717, 1.165) is 30.6 Å². The van der Waals surface area contributed by atoms with E-state index in [0.29, 0.717) is 19.5 Å². The van der Waals surface area contributed by atoms with E-state index in [1.165, 1.54) is 7.11 Å². The van der Waals surface area contributed by atoms with Crippen molar-refractivity contribution >= 4 is 11.9 Å². The zero-order valence-electron chi connectivity index (χ0n) is 15.2. The van der Waals surface area contributed by atoms with Crippen LogP contribution in [0.4, 0.5) is 0 Å². The summed E-state index contributed by atoms with van der Waals surface area (Å²) in [7, 11) is 3.01. The number of ether oxygens (including phenoxy) is 2. The fraction of sp³-hybridized carbons (Fsp3) is 0.579. The van der Waals surface area contributed by atoms with E-state index in [-0.39, 0.29) is 17.8 Å². The molecule has 1 rings (SSSR count). The van der Waals surface area contributed by atoms with Crippen molar-refractivity contribution in [3.05, 3.63) is 29.8 Å². The molecule has 0 aromatic heterocycles. The molecule has 0 aliphatic rings. The Labute approximate surface area is 144 Å². The Morgan fingerprint density at radius 3 is 2.38 bits per heavy atom. The van der Waals surface area contributed by atoms with E-state index in [9.17, 15) is 9.59 Å². The number of hydrogen-bond donors (Lipinski definition) is 0. The Bertz CT molecular complexity index is 513. The maximum absolute atomic E-state index is 12.4. The monoisotopic (exact) mass is 335 g/mol. The van der Waals surface area contributed by atoms with Crippen LogP contribution in [-0.4, -0.2) is 44.1 Å². The molecule has 0 fully saturated rings. The minimum absolute atomic E-state index is 0.0983. The number of amides is 1. The zero-order valence-corrected chi connectivity index (χ0v) is 15.2. The van der Waals surface area contributed by atoms with Crippen molar-refractivity contribution in [2.45, 2.75) is 39.5 Å². The molecule has 1 aromatic rings. The molecule has 0 heterocycles. The molecule has 0 radical (unpaired) electrons. The highest BCUT2D eigenvalue weighted by Gasteiger charge is 2.21. The van der Waals surface area contributed by atoms with E-state index < -0.39 is 0 Å². The molecular formula is C19H29NO4. The molecule has 5 nitrogen and oxygen atoms in total. The smallest absolute Gasteiger partial charge is 0.310 e. The first kappa shape index (κ1) is 20.0. The van der Waals surface area contributed by atoms with Crippen molar-refractivity contribution in [2.24, 2.45) is 5.92 Å². The molecule has 0 aliphatic carbocycles. The number of hydrogen-bond acceptors (Lipinski definition) is 4. The van der Waals surface area contributed by atoms with Crippen molar-refractivity contribution in [1.29, 1.82) is 0 Å². The van der Waals surface area contributed by atoms with Gasteiger partial charge < -0.3 is 14.4 Å². The Morgan fingerprint density at radius 1 is 1.17 bits per heavy atom. The molecule has 1 aromatic carbocycles. The minimum atomic E-state index is -0.323. The van der Waals surface area contributed by atoms with Crippen molar-refractivity contribution < 1.29 is 19.1 Å². The number of carbonyl (C=O) groups is 2. The lowest BCUT2D eigenvalue weighted by molar-refractivity contribution is -0.146. The Balaban J connectivity index is 2.68. The molecule has 1 unspecified atom stereocenters. The summed E-state index contributed by atoms with van der Waals surface area (Å²) < 4.78 is 9.92. The molecule has 134 valence electrons. The fourth-order valence-corrected chi connectivity index (χ4v) is 2.47. The van der Waals surface area contributed by atoms with Crippen LogP contribution in [0.1, 0.15) is 38.7 Å². The number of carbonyl (C=O) groups excluding carboxylic acids is 2. The maximum Gasteiger partial charge on any atom is 0.310 e. The predicted molar refractivity (Wildman–Crippen MR) is 94.0 cm³/mol. The Hall–Kier alpha value is -2.04. The molecular weight excluding hydrogens is 306 g/mol. The zero-order chi connectivity index (χ0) is 17.9. The first-order chi connectivity index (χ1) is 11.5. The molecule has 1 atom stereocenters. The molecule has 0 aliphatic heterocycles. The summed E-state index contributed by atoms with van der Waals surface area (Å²) in [6.07, 6.45) is 3.11. The molecule has 0 bridgehead atoms. The lowest BCUT2D eigenvalue weighted by Crippen LogP contribution is -2.38. The normalized spacial score (nSPS) is 11.7. The van der Waals surface area contributed by atoms with Crippen molar-refractivity contribution in [1.82, 2.24) is 4.90 Å². The van der Waals surface area contributed by atoms with Gasteiger partial charge in [0, 0.05) is 19.5 Å². The van der Waals surface area contributed by atoms with Gasteiger partial charge in [-0.15, -0.1) is 0 Å². The number of methoxy groups -OCH3 is 2. The topological polar surface area (TPSA) is 55.8 Å². The highest BCUT2D eigenvalue weighted by molar-refractivity contribution is 5.78. The number of nitrogens with zero attached hydrogens (tertiary/aromatic N) is 1. The minimum Gasteiger partial charge on any atom is -0.497 e. The van der Waals surface area contributed by atoms with Crippen LogP contribution < -0.4 is 4.74 Å². The fourth-order valence-electron chi connectivity index (χ4n) is 2.47. The van der Waals surface area contributed by atoms with Gasteiger partial charge in [-0.1, -0.05) is 32.4 Å². The summed E-state index contributed by atoms with van der Waals surface area (Å²) >= 11 is 0. The second kappa shape index (κ2) is 10.7. The van der Waals surface area contributed by atoms with E-state index >= 15 is 0 Å². The second-order valence-electron chi connectivity index (χ2n) is 5.97. The van der Waals surface area contributed by atoms with Gasteiger partial charge in [-0.3, -0.25) is 9.59 Å². The van der Waals surface area contributed by atoms with Crippen LogP contribution in [0.25, 0.3) is 0 Å². The number of rotatable bonds is 10. The van der Waals surface area contributed by atoms with Crippen molar-refractivity contribution in [2.75, 3.05) is 27.3 Å². The lowest BCUT2D eigenvalue weighted by Gasteiger charge is -2.25.